The second-order valence-electron chi connectivity index (χ2n) is 5.32. The lowest BCUT2D eigenvalue weighted by molar-refractivity contribution is 0.496. The molecular weight excluding hydrogens is 292 g/mol. The molecule has 0 aliphatic carbocycles. The van der Waals surface area contributed by atoms with Gasteiger partial charge in [-0.3, -0.25) is 9.29 Å². The average molecular weight is 308 g/mol. The summed E-state index contributed by atoms with van der Waals surface area (Å²) in [4.78, 5) is 13.7. The molecular formula is C13H16N4O3S. The van der Waals surface area contributed by atoms with E-state index >= 15 is 0 Å². The Hall–Kier alpha value is -2.09. The minimum absolute atomic E-state index is 0.0774. The van der Waals surface area contributed by atoms with Crippen LogP contribution >= 0.6 is 0 Å². The van der Waals surface area contributed by atoms with Gasteiger partial charge in [-0.2, -0.15) is 5.10 Å². The van der Waals surface area contributed by atoms with Crippen LogP contribution in [-0.2, 0) is 22.9 Å². The van der Waals surface area contributed by atoms with E-state index in [9.17, 15) is 13.2 Å². The minimum Gasteiger partial charge on any atom is -0.293 e. The standard InChI is InChI=1S/C13H16N4O3S/c1-21(19,20)17-8-9(7-12-14-13(18)16-15-12)6-10-4-2-3-5-11(10)17/h2-5,9H,6-8H2,1H3,(H2,14,15,16,18)/t9-/m0/s1. The molecule has 21 heavy (non-hydrogen) atoms. The first-order chi connectivity index (χ1) is 9.93. The van der Waals surface area contributed by atoms with Crippen molar-refractivity contribution < 1.29 is 8.42 Å². The van der Waals surface area contributed by atoms with Gasteiger partial charge >= 0.3 is 5.69 Å². The number of anilines is 1. The van der Waals surface area contributed by atoms with Crippen LogP contribution in [0.25, 0.3) is 0 Å². The molecule has 0 radical (unpaired) electrons. The van der Waals surface area contributed by atoms with Gasteiger partial charge in [-0.1, -0.05) is 18.2 Å². The third kappa shape index (κ3) is 2.85. The zero-order valence-corrected chi connectivity index (χ0v) is 12.4. The monoisotopic (exact) mass is 308 g/mol. The number of sulfonamides is 1. The number of nitrogens with one attached hydrogen (secondary N) is 2. The highest BCUT2D eigenvalue weighted by Crippen LogP contribution is 2.32. The number of nitrogens with zero attached hydrogens (tertiary/aromatic N) is 2. The summed E-state index contributed by atoms with van der Waals surface area (Å²) in [6.07, 6.45) is 2.50. The summed E-state index contributed by atoms with van der Waals surface area (Å²) in [6, 6.07) is 7.50. The van der Waals surface area contributed by atoms with Gasteiger partial charge in [0.05, 0.1) is 11.9 Å². The van der Waals surface area contributed by atoms with E-state index in [-0.39, 0.29) is 11.6 Å². The molecule has 1 aliphatic rings. The molecule has 2 heterocycles. The second kappa shape index (κ2) is 5.03. The number of fused-ring (bicyclic) bond motifs is 1. The topological polar surface area (TPSA) is 98.9 Å². The van der Waals surface area contributed by atoms with Gasteiger partial charge < -0.3 is 0 Å². The maximum absolute atomic E-state index is 12.0. The van der Waals surface area contributed by atoms with E-state index in [0.717, 1.165) is 17.7 Å². The highest BCUT2D eigenvalue weighted by Gasteiger charge is 2.30. The van der Waals surface area contributed by atoms with E-state index in [1.165, 1.54) is 10.6 Å². The van der Waals surface area contributed by atoms with Gasteiger partial charge in [0.1, 0.15) is 5.82 Å². The lowest BCUT2D eigenvalue weighted by atomic mass is 9.91. The number of hydrogen-bond donors (Lipinski definition) is 2. The van der Waals surface area contributed by atoms with Crippen LogP contribution in [0.1, 0.15) is 11.4 Å². The number of aromatic amines is 2. The first-order valence-corrected chi connectivity index (χ1v) is 8.47. The number of H-pyrrole nitrogens is 2. The van der Waals surface area contributed by atoms with Gasteiger partial charge in [0.15, 0.2) is 0 Å². The van der Waals surface area contributed by atoms with Crippen LogP contribution in [0.3, 0.4) is 0 Å². The molecule has 0 amide bonds. The van der Waals surface area contributed by atoms with Crippen molar-refractivity contribution in [1.82, 2.24) is 15.2 Å². The third-order valence-electron chi connectivity index (χ3n) is 3.63. The fraction of sp³-hybridized carbons (Fsp3) is 0.385. The minimum atomic E-state index is -3.33. The summed E-state index contributed by atoms with van der Waals surface area (Å²) in [7, 11) is -3.33. The van der Waals surface area contributed by atoms with E-state index in [1.807, 2.05) is 24.3 Å². The Kier molecular flexibility index (Phi) is 3.32. The molecule has 3 rings (SSSR count). The molecule has 8 heteroatoms. The quantitative estimate of drug-likeness (QED) is 0.850. The fourth-order valence-corrected chi connectivity index (χ4v) is 3.78. The van der Waals surface area contributed by atoms with E-state index in [2.05, 4.69) is 15.2 Å². The maximum Gasteiger partial charge on any atom is 0.340 e. The first-order valence-electron chi connectivity index (χ1n) is 6.62. The normalized spacial score (nSPS) is 18.5. The van der Waals surface area contributed by atoms with Crippen molar-refractivity contribution in [2.75, 3.05) is 17.1 Å². The molecule has 0 spiro atoms. The van der Waals surface area contributed by atoms with E-state index < -0.39 is 10.0 Å². The molecule has 1 aromatic heterocycles. The van der Waals surface area contributed by atoms with Crippen LogP contribution < -0.4 is 9.99 Å². The molecule has 0 unspecified atom stereocenters. The number of rotatable bonds is 3. The molecule has 2 aromatic rings. The Morgan fingerprint density at radius 1 is 1.38 bits per heavy atom. The SMILES string of the molecule is CS(=O)(=O)N1C[C@H](Cc2n[nH]c(=O)[nH]2)Cc2ccccc21. The number of hydrogen-bond acceptors (Lipinski definition) is 4. The number of aromatic nitrogens is 3. The van der Waals surface area contributed by atoms with Crippen molar-refractivity contribution in [3.63, 3.8) is 0 Å². The predicted octanol–water partition coefficient (Wildman–Crippen LogP) is 0.279. The second-order valence-corrected chi connectivity index (χ2v) is 7.23. The molecule has 0 bridgehead atoms. The molecule has 0 saturated heterocycles. The Morgan fingerprint density at radius 2 is 2.14 bits per heavy atom. The Morgan fingerprint density at radius 3 is 2.81 bits per heavy atom. The third-order valence-corrected chi connectivity index (χ3v) is 4.77. The van der Waals surface area contributed by atoms with Gasteiger partial charge in [-0.15, -0.1) is 0 Å². The van der Waals surface area contributed by atoms with Gasteiger partial charge in [0.2, 0.25) is 10.0 Å². The largest absolute Gasteiger partial charge is 0.340 e. The maximum atomic E-state index is 12.0. The van der Waals surface area contributed by atoms with Crippen molar-refractivity contribution in [1.29, 1.82) is 0 Å². The van der Waals surface area contributed by atoms with Crippen LogP contribution in [0.4, 0.5) is 5.69 Å². The van der Waals surface area contributed by atoms with E-state index in [4.69, 9.17) is 0 Å². The molecule has 0 fully saturated rings. The fourth-order valence-electron chi connectivity index (χ4n) is 2.76. The summed E-state index contributed by atoms with van der Waals surface area (Å²) >= 11 is 0. The van der Waals surface area contributed by atoms with Crippen LogP contribution in [0.5, 0.6) is 0 Å². The predicted molar refractivity (Wildman–Crippen MR) is 78.7 cm³/mol. The molecule has 2 N–H and O–H groups in total. The summed E-state index contributed by atoms with van der Waals surface area (Å²) < 4.78 is 25.4. The van der Waals surface area contributed by atoms with Crippen LogP contribution in [0.15, 0.2) is 29.1 Å². The van der Waals surface area contributed by atoms with E-state index in [0.29, 0.717) is 18.8 Å². The van der Waals surface area contributed by atoms with Crippen molar-refractivity contribution >= 4 is 15.7 Å². The van der Waals surface area contributed by atoms with Crippen LogP contribution in [0, 0.1) is 5.92 Å². The van der Waals surface area contributed by atoms with Gasteiger partial charge in [0.25, 0.3) is 0 Å². The Labute approximate surface area is 122 Å². The summed E-state index contributed by atoms with van der Waals surface area (Å²) in [5.74, 6) is 0.631. The van der Waals surface area contributed by atoms with Gasteiger partial charge in [-0.05, 0) is 24.0 Å². The van der Waals surface area contributed by atoms with E-state index in [1.54, 1.807) is 0 Å². The number of benzene rings is 1. The first kappa shape index (κ1) is 13.9. The molecule has 0 saturated carbocycles. The molecule has 1 aromatic carbocycles. The Bertz CT molecular complexity index is 809. The molecule has 1 atom stereocenters. The summed E-state index contributed by atoms with van der Waals surface area (Å²) in [5.41, 5.74) is 1.39. The van der Waals surface area contributed by atoms with Crippen molar-refractivity contribution in [3.8, 4) is 0 Å². The smallest absolute Gasteiger partial charge is 0.293 e. The highest BCUT2D eigenvalue weighted by atomic mass is 32.2. The van der Waals surface area contributed by atoms with Gasteiger partial charge in [-0.25, -0.2) is 18.3 Å². The zero-order chi connectivity index (χ0) is 15.0. The highest BCUT2D eigenvalue weighted by molar-refractivity contribution is 7.92. The zero-order valence-electron chi connectivity index (χ0n) is 11.5. The molecule has 112 valence electrons. The van der Waals surface area contributed by atoms with Crippen LogP contribution in [-0.4, -0.2) is 36.4 Å². The van der Waals surface area contributed by atoms with Crippen molar-refractivity contribution in [3.05, 3.63) is 46.1 Å². The Balaban J connectivity index is 1.92. The molecule has 1 aliphatic heterocycles. The molecule has 7 nitrogen and oxygen atoms in total. The van der Waals surface area contributed by atoms with Crippen molar-refractivity contribution in [2.24, 2.45) is 5.92 Å². The summed E-state index contributed by atoms with van der Waals surface area (Å²) in [5, 5.41) is 6.22. The lowest BCUT2D eigenvalue weighted by Crippen LogP contribution is -2.40. The number of para-hydroxylation sites is 1. The van der Waals surface area contributed by atoms with Crippen molar-refractivity contribution in [2.45, 2.75) is 12.8 Å². The lowest BCUT2D eigenvalue weighted by Gasteiger charge is -2.34. The van der Waals surface area contributed by atoms with Gasteiger partial charge in [0, 0.05) is 13.0 Å². The average Bonchev–Trinajstić information content (AvgIpc) is 2.82. The summed E-state index contributed by atoms with van der Waals surface area (Å²) in [6.45, 7) is 0.394. The van der Waals surface area contributed by atoms with Crippen LogP contribution in [0.2, 0.25) is 0 Å².